The molecule has 3 amide bonds. The van der Waals surface area contributed by atoms with E-state index in [4.69, 9.17) is 36.1 Å². The van der Waals surface area contributed by atoms with Crippen LogP contribution in [0.1, 0.15) is 50.7 Å². The molecule has 55 heavy (non-hydrogen) atoms. The molecule has 0 radical (unpaired) electrons. The molecular weight excluding hydrogens is 706 g/mol. The number of hydrogen-bond acceptors (Lipinski definition) is 10. The van der Waals surface area contributed by atoms with E-state index in [0.29, 0.717) is 53.9 Å². The van der Waals surface area contributed by atoms with Crippen molar-refractivity contribution >= 4 is 39.5 Å². The summed E-state index contributed by atoms with van der Waals surface area (Å²) in [6.07, 6.45) is 1.55. The number of epoxide rings is 1. The summed E-state index contributed by atoms with van der Waals surface area (Å²) in [5.41, 5.74) is 19.2. The Kier molecular flexibility index (Phi) is 11.6. The summed E-state index contributed by atoms with van der Waals surface area (Å²) >= 11 is 0. The predicted molar refractivity (Wildman–Crippen MR) is 205 cm³/mol. The number of primary amides is 3. The Balaban J connectivity index is 0.000000250. The molecule has 1 saturated heterocycles. The average Bonchev–Trinajstić information content (AvgIpc) is 3.69. The number of aromatic amines is 2. The number of benzene rings is 3. The van der Waals surface area contributed by atoms with Gasteiger partial charge in [0.15, 0.2) is 0 Å². The number of carbonyl (C=O) groups excluding carboxylic acids is 3. The number of carbonyl (C=O) groups is 3. The van der Waals surface area contributed by atoms with Crippen molar-refractivity contribution < 1.29 is 38.4 Å². The minimum absolute atomic E-state index is 0.0831. The lowest BCUT2D eigenvalue weighted by Gasteiger charge is -2.28. The number of nitrogens with zero attached hydrogens (tertiary/aromatic N) is 1. The molecule has 4 heterocycles. The van der Waals surface area contributed by atoms with Crippen molar-refractivity contribution in [2.75, 3.05) is 26.4 Å². The summed E-state index contributed by atoms with van der Waals surface area (Å²) in [5.74, 6) is 0.715. The first kappa shape index (κ1) is 38.3. The fourth-order valence-electron chi connectivity index (χ4n) is 5.71. The Labute approximate surface area is 316 Å². The highest BCUT2D eigenvalue weighted by atomic mass is 16.6. The molecule has 3 aromatic heterocycles. The number of aliphatic hydroxyl groups excluding tert-OH is 1. The SMILES string of the molecule is CC(C)(Cc1ccc(Oc2ccc(C(N)=O)cn2)cc1)NCC(O)COc1cccc2[nH]c(C(N)=O)cc12.NC(=O)c1cc2c(OCC3CO3)cccc2[nH]1. The number of amides is 3. The van der Waals surface area contributed by atoms with Crippen molar-refractivity contribution in [3.8, 4) is 23.1 Å². The van der Waals surface area contributed by atoms with Crippen LogP contribution in [0.25, 0.3) is 21.8 Å². The first-order valence-electron chi connectivity index (χ1n) is 17.5. The van der Waals surface area contributed by atoms with Gasteiger partial charge in [0.2, 0.25) is 11.8 Å². The lowest BCUT2D eigenvalue weighted by Crippen LogP contribution is -2.46. The number of aliphatic hydroxyl groups is 1. The van der Waals surface area contributed by atoms with Gasteiger partial charge in [-0.3, -0.25) is 14.4 Å². The number of rotatable bonds is 16. The number of ether oxygens (including phenoxy) is 4. The van der Waals surface area contributed by atoms with Crippen LogP contribution in [0.2, 0.25) is 0 Å². The Morgan fingerprint density at radius 2 is 1.47 bits per heavy atom. The number of hydrogen-bond donors (Lipinski definition) is 7. The molecule has 6 aromatic rings. The van der Waals surface area contributed by atoms with Gasteiger partial charge >= 0.3 is 0 Å². The van der Waals surface area contributed by atoms with Gasteiger partial charge in [-0.25, -0.2) is 4.98 Å². The van der Waals surface area contributed by atoms with E-state index in [1.807, 2.05) is 48.5 Å². The van der Waals surface area contributed by atoms with Gasteiger partial charge in [0.25, 0.3) is 11.8 Å². The highest BCUT2D eigenvalue weighted by molar-refractivity contribution is 5.99. The summed E-state index contributed by atoms with van der Waals surface area (Å²) in [5, 5.41) is 15.5. The molecule has 0 spiro atoms. The van der Waals surface area contributed by atoms with Crippen LogP contribution in [0.5, 0.6) is 23.1 Å². The molecule has 2 unspecified atom stereocenters. The normalized spacial score (nSPS) is 14.1. The fourth-order valence-corrected chi connectivity index (χ4v) is 5.71. The van der Waals surface area contributed by atoms with E-state index >= 15 is 0 Å². The number of pyridine rings is 1. The minimum Gasteiger partial charge on any atom is -0.490 e. The van der Waals surface area contributed by atoms with Crippen molar-refractivity contribution in [2.45, 2.75) is 38.0 Å². The van der Waals surface area contributed by atoms with Gasteiger partial charge in [0, 0.05) is 46.2 Å². The molecule has 0 aliphatic carbocycles. The molecule has 3 aromatic carbocycles. The number of nitrogens with one attached hydrogen (secondary N) is 3. The number of fused-ring (bicyclic) bond motifs is 2. The van der Waals surface area contributed by atoms with E-state index in [0.717, 1.165) is 39.7 Å². The largest absolute Gasteiger partial charge is 0.490 e. The lowest BCUT2D eigenvalue weighted by atomic mass is 9.94. The molecule has 0 bridgehead atoms. The van der Waals surface area contributed by atoms with Crippen molar-refractivity contribution in [1.29, 1.82) is 0 Å². The van der Waals surface area contributed by atoms with Crippen LogP contribution in [0.15, 0.2) is 91.1 Å². The van der Waals surface area contributed by atoms with E-state index in [-0.39, 0.29) is 18.2 Å². The van der Waals surface area contributed by atoms with Gasteiger partial charge < -0.3 is 56.5 Å². The van der Waals surface area contributed by atoms with E-state index < -0.39 is 23.8 Å². The van der Waals surface area contributed by atoms with Crippen LogP contribution in [-0.4, -0.2) is 81.9 Å². The Morgan fingerprint density at radius 1 is 0.873 bits per heavy atom. The van der Waals surface area contributed by atoms with Gasteiger partial charge in [-0.15, -0.1) is 0 Å². The maximum atomic E-state index is 11.5. The molecule has 7 rings (SSSR count). The van der Waals surface area contributed by atoms with Crippen molar-refractivity contribution in [3.05, 3.63) is 114 Å². The molecule has 15 heteroatoms. The predicted octanol–water partition coefficient (Wildman–Crippen LogP) is 3.95. The smallest absolute Gasteiger partial charge is 0.265 e. The molecular formula is C40H43N7O8. The standard InChI is InChI=1S/C28H31N5O5.C12H12N2O3/c1-28(2,13-17-6-9-20(10-7-17)38-25-11-8-18(14-31-25)26(29)35)32-15-19(34)16-37-24-5-3-4-22-21(24)12-23(33-22)27(30)36;13-12(15)10-4-8-9(14-10)2-1-3-11(8)17-6-7-5-16-7/h3-12,14,19,32-34H,13,15-16H2,1-2H3,(H2,29,35)(H2,30,36);1-4,7,14H,5-6H2,(H2,13,15). The first-order chi connectivity index (χ1) is 26.3. The maximum Gasteiger partial charge on any atom is 0.265 e. The van der Waals surface area contributed by atoms with Crippen LogP contribution < -0.4 is 36.7 Å². The van der Waals surface area contributed by atoms with E-state index in [2.05, 4.69) is 34.1 Å². The third-order valence-electron chi connectivity index (χ3n) is 8.67. The summed E-state index contributed by atoms with van der Waals surface area (Å²) in [6.45, 7) is 5.82. The summed E-state index contributed by atoms with van der Waals surface area (Å²) in [7, 11) is 0. The number of β-amino-alcohol motifs (C(OH)–C–C–N with tert-alkyl or cyclic N) is 1. The number of H-pyrrole nitrogens is 2. The van der Waals surface area contributed by atoms with Crippen molar-refractivity contribution in [1.82, 2.24) is 20.3 Å². The summed E-state index contributed by atoms with van der Waals surface area (Å²) in [6, 6.07) is 25.2. The fraction of sp³-hybridized carbons (Fsp3) is 0.250. The van der Waals surface area contributed by atoms with Gasteiger partial charge in [0.05, 0.1) is 12.2 Å². The molecule has 1 aliphatic heterocycles. The highest BCUT2D eigenvalue weighted by Crippen LogP contribution is 2.28. The van der Waals surface area contributed by atoms with Crippen LogP contribution >= 0.6 is 0 Å². The van der Waals surface area contributed by atoms with Gasteiger partial charge in [0.1, 0.15) is 54.1 Å². The number of aromatic nitrogens is 3. The van der Waals surface area contributed by atoms with Crippen LogP contribution in [0.4, 0.5) is 0 Å². The highest BCUT2D eigenvalue weighted by Gasteiger charge is 2.24. The summed E-state index contributed by atoms with van der Waals surface area (Å²) < 4.78 is 22.3. The van der Waals surface area contributed by atoms with Gasteiger partial charge in [-0.2, -0.15) is 0 Å². The van der Waals surface area contributed by atoms with Crippen molar-refractivity contribution in [2.24, 2.45) is 17.2 Å². The van der Waals surface area contributed by atoms with E-state index in [9.17, 15) is 19.5 Å². The molecule has 2 atom stereocenters. The topological polar surface area (TPSA) is 246 Å². The zero-order valence-electron chi connectivity index (χ0n) is 30.3. The second kappa shape index (κ2) is 16.7. The Hall–Kier alpha value is -6.42. The van der Waals surface area contributed by atoms with Gasteiger partial charge in [-0.05, 0) is 80.4 Å². The van der Waals surface area contributed by atoms with E-state index in [1.54, 1.807) is 36.4 Å². The molecule has 286 valence electrons. The quantitative estimate of drug-likeness (QED) is 0.0702. The van der Waals surface area contributed by atoms with Crippen LogP contribution in [-0.2, 0) is 11.2 Å². The minimum atomic E-state index is -0.747. The van der Waals surface area contributed by atoms with Crippen LogP contribution in [0, 0.1) is 0 Å². The third kappa shape index (κ3) is 10.4. The average molecular weight is 750 g/mol. The molecule has 0 saturated carbocycles. The maximum absolute atomic E-state index is 11.5. The van der Waals surface area contributed by atoms with Crippen LogP contribution in [0.3, 0.4) is 0 Å². The van der Waals surface area contributed by atoms with Crippen molar-refractivity contribution in [3.63, 3.8) is 0 Å². The second-order valence-corrected chi connectivity index (χ2v) is 13.7. The van der Waals surface area contributed by atoms with E-state index in [1.165, 1.54) is 6.20 Å². The van der Waals surface area contributed by atoms with Gasteiger partial charge in [-0.1, -0.05) is 24.3 Å². The lowest BCUT2D eigenvalue weighted by molar-refractivity contribution is 0.0988. The molecule has 10 N–H and O–H groups in total. The molecule has 1 fully saturated rings. The third-order valence-corrected chi connectivity index (χ3v) is 8.67. The molecule has 15 nitrogen and oxygen atoms in total. The molecule has 1 aliphatic rings. The zero-order chi connectivity index (χ0) is 39.1. The number of nitrogens with two attached hydrogens (primary N) is 3. The summed E-state index contributed by atoms with van der Waals surface area (Å²) in [4.78, 5) is 43.7. The second-order valence-electron chi connectivity index (χ2n) is 13.7. The zero-order valence-corrected chi connectivity index (χ0v) is 30.3. The monoisotopic (exact) mass is 749 g/mol. The Bertz CT molecular complexity index is 2280. The Morgan fingerprint density at radius 3 is 2.00 bits per heavy atom. The first-order valence-corrected chi connectivity index (χ1v) is 17.5.